The highest BCUT2D eigenvalue weighted by Crippen LogP contribution is 2.51. The van der Waals surface area contributed by atoms with Gasteiger partial charge in [0.1, 0.15) is 0 Å². The maximum absolute atomic E-state index is 9.59. The van der Waals surface area contributed by atoms with Crippen molar-refractivity contribution < 1.29 is 5.11 Å². The van der Waals surface area contributed by atoms with Gasteiger partial charge in [0.2, 0.25) is 0 Å². The van der Waals surface area contributed by atoms with Crippen molar-refractivity contribution in [1.82, 2.24) is 0 Å². The molecule has 3 heteroatoms. The molecule has 0 aliphatic heterocycles. The van der Waals surface area contributed by atoms with Crippen LogP contribution in [0.5, 0.6) is 0 Å². The molecule has 142 valence electrons. The lowest BCUT2D eigenvalue weighted by Gasteiger charge is -2.39. The molecule has 1 unspecified atom stereocenters. The van der Waals surface area contributed by atoms with Crippen LogP contribution in [0.4, 0.5) is 0 Å². The van der Waals surface area contributed by atoms with Crippen LogP contribution in [0.3, 0.4) is 0 Å². The molecule has 0 saturated heterocycles. The lowest BCUT2D eigenvalue weighted by molar-refractivity contribution is 0.179. The van der Waals surface area contributed by atoms with Crippen LogP contribution in [-0.2, 0) is 0 Å². The van der Waals surface area contributed by atoms with Crippen molar-refractivity contribution in [2.24, 2.45) is 23.0 Å². The molecule has 0 aromatic rings. The average molecular weight is 364 g/mol. The number of unbranched alkanes of at least 4 members (excludes halogenated alkanes) is 1. The topological polar surface area (TPSA) is 46.2 Å². The highest BCUT2D eigenvalue weighted by atomic mass is 32.2. The first-order chi connectivity index (χ1) is 12.0. The van der Waals surface area contributed by atoms with Gasteiger partial charge in [-0.3, -0.25) is 0 Å². The fourth-order valence-corrected chi connectivity index (χ4v) is 6.31. The zero-order valence-electron chi connectivity index (χ0n) is 16.2. The van der Waals surface area contributed by atoms with Crippen LogP contribution < -0.4 is 5.73 Å². The number of aliphatic hydroxyl groups is 1. The molecule has 2 fully saturated rings. The maximum Gasteiger partial charge on any atom is 0.0611 e. The van der Waals surface area contributed by atoms with E-state index >= 15 is 0 Å². The van der Waals surface area contributed by atoms with E-state index in [1.807, 2.05) is 0 Å². The van der Waals surface area contributed by atoms with Gasteiger partial charge in [0.15, 0.2) is 0 Å². The summed E-state index contributed by atoms with van der Waals surface area (Å²) in [6.45, 7) is 4.84. The third-order valence-electron chi connectivity index (χ3n) is 6.92. The van der Waals surface area contributed by atoms with Gasteiger partial charge in [0.05, 0.1) is 6.61 Å². The molecule has 0 spiro atoms. The third kappa shape index (κ3) is 4.54. The molecule has 3 rings (SSSR count). The number of aliphatic hydroxyl groups excluding tert-OH is 1. The highest BCUT2D eigenvalue weighted by Gasteiger charge is 2.44. The van der Waals surface area contributed by atoms with Crippen LogP contribution in [0.1, 0.15) is 71.6 Å². The minimum absolute atomic E-state index is 0.134. The largest absolute Gasteiger partial charge is 0.394 e. The predicted octanol–water partition coefficient (Wildman–Crippen LogP) is 5.07. The summed E-state index contributed by atoms with van der Waals surface area (Å²) in [6.07, 6.45) is 16.0. The molecular weight excluding hydrogens is 326 g/mol. The molecule has 0 heterocycles. The summed E-state index contributed by atoms with van der Waals surface area (Å²) in [5.74, 6) is 4.18. The third-order valence-corrected chi connectivity index (χ3v) is 8.21. The molecule has 0 bridgehead atoms. The minimum atomic E-state index is -0.330. The predicted molar refractivity (Wildman–Crippen MR) is 110 cm³/mol. The number of hydrogen-bond donors (Lipinski definition) is 2. The Kier molecular flexibility index (Phi) is 6.39. The number of allylic oxidation sites excluding steroid dienone is 4. The maximum atomic E-state index is 9.59. The Labute approximate surface area is 158 Å². The quantitative estimate of drug-likeness (QED) is 0.621. The van der Waals surface area contributed by atoms with Crippen molar-refractivity contribution >= 4 is 11.8 Å². The Balaban J connectivity index is 1.57. The Morgan fingerprint density at radius 1 is 1.32 bits per heavy atom. The molecular formula is C22H37NOS. The lowest BCUT2D eigenvalue weighted by Crippen LogP contribution is -2.42. The molecule has 3 N–H and O–H groups in total. The summed E-state index contributed by atoms with van der Waals surface area (Å²) >= 11 is 2.16. The van der Waals surface area contributed by atoms with Crippen molar-refractivity contribution in [3.8, 4) is 0 Å². The number of fused-ring (bicyclic) bond motifs is 1. The van der Waals surface area contributed by atoms with Gasteiger partial charge in [0, 0.05) is 5.54 Å². The zero-order chi connectivity index (χ0) is 17.9. The Hall–Kier alpha value is -0.250. The number of thioether (sulfide) groups is 1. The first kappa shape index (κ1) is 19.5. The molecule has 0 aromatic carbocycles. The van der Waals surface area contributed by atoms with Crippen LogP contribution >= 0.6 is 11.8 Å². The van der Waals surface area contributed by atoms with Crippen LogP contribution in [0.2, 0.25) is 0 Å². The van der Waals surface area contributed by atoms with E-state index in [1.165, 1.54) is 43.6 Å². The normalized spacial score (nSPS) is 38.2. The average Bonchev–Trinajstić information content (AvgIpc) is 3.03. The summed E-state index contributed by atoms with van der Waals surface area (Å²) in [6, 6.07) is 0. The van der Waals surface area contributed by atoms with Gasteiger partial charge in [0.25, 0.3) is 0 Å². The second kappa shape index (κ2) is 8.19. The van der Waals surface area contributed by atoms with E-state index in [0.717, 1.165) is 31.6 Å². The van der Waals surface area contributed by atoms with Gasteiger partial charge in [-0.25, -0.2) is 0 Å². The van der Waals surface area contributed by atoms with Crippen molar-refractivity contribution in [2.45, 2.75) is 77.2 Å². The van der Waals surface area contributed by atoms with E-state index in [1.54, 1.807) is 11.1 Å². The standard InChI is InChI=1S/C22H37NOS/c1-3-4-11-25-15-17-5-6-19-13-21(2,9-7-18(19)12-17)20-8-10-22(23,14-20)16-24/h7,13,17,20,24H,3-6,8-12,14-16,23H2,1-2H3/t17-,20+,21?,22-/m1/s1. The first-order valence-corrected chi connectivity index (χ1v) is 11.5. The van der Waals surface area contributed by atoms with Crippen molar-refractivity contribution in [3.63, 3.8) is 0 Å². The summed E-state index contributed by atoms with van der Waals surface area (Å²) in [4.78, 5) is 0. The van der Waals surface area contributed by atoms with Gasteiger partial charge in [-0.05, 0) is 91.3 Å². The van der Waals surface area contributed by atoms with Gasteiger partial charge in [-0.1, -0.05) is 32.4 Å². The van der Waals surface area contributed by atoms with Gasteiger partial charge in [-0.15, -0.1) is 0 Å². The Bertz CT molecular complexity index is 528. The highest BCUT2D eigenvalue weighted by molar-refractivity contribution is 7.99. The molecule has 2 saturated carbocycles. The van der Waals surface area contributed by atoms with Crippen LogP contribution in [0.25, 0.3) is 0 Å². The van der Waals surface area contributed by atoms with E-state index in [-0.39, 0.29) is 17.6 Å². The van der Waals surface area contributed by atoms with E-state index in [9.17, 15) is 5.11 Å². The SMILES string of the molecule is CCCCSC[C@@H]1CCC2=CC(C)([C@H]3CC[C@](N)(CO)C3)CC=C2C1. The van der Waals surface area contributed by atoms with E-state index < -0.39 is 0 Å². The van der Waals surface area contributed by atoms with Crippen LogP contribution in [0, 0.1) is 17.3 Å². The van der Waals surface area contributed by atoms with Crippen LogP contribution in [0.15, 0.2) is 23.3 Å². The summed E-state index contributed by atoms with van der Waals surface area (Å²) in [5.41, 5.74) is 9.53. The van der Waals surface area contributed by atoms with E-state index in [4.69, 9.17) is 5.73 Å². The second-order valence-corrected chi connectivity index (χ2v) is 10.3. The second-order valence-electron chi connectivity index (χ2n) is 9.11. The summed E-state index contributed by atoms with van der Waals surface area (Å²) in [7, 11) is 0. The first-order valence-electron chi connectivity index (χ1n) is 10.4. The van der Waals surface area contributed by atoms with E-state index in [0.29, 0.717) is 5.92 Å². The monoisotopic (exact) mass is 363 g/mol. The fourth-order valence-electron chi connectivity index (χ4n) is 5.03. The zero-order valence-corrected chi connectivity index (χ0v) is 17.0. The minimum Gasteiger partial charge on any atom is -0.394 e. The molecule has 2 nitrogen and oxygen atoms in total. The van der Waals surface area contributed by atoms with Crippen molar-refractivity contribution in [2.75, 3.05) is 18.1 Å². The molecule has 4 atom stereocenters. The number of hydrogen-bond acceptors (Lipinski definition) is 3. The number of nitrogens with two attached hydrogens (primary N) is 1. The number of rotatable bonds is 7. The Morgan fingerprint density at radius 2 is 2.16 bits per heavy atom. The van der Waals surface area contributed by atoms with Gasteiger partial charge in [-0.2, -0.15) is 11.8 Å². The van der Waals surface area contributed by atoms with Gasteiger partial charge >= 0.3 is 0 Å². The molecule has 3 aliphatic rings. The smallest absolute Gasteiger partial charge is 0.0611 e. The Morgan fingerprint density at radius 3 is 2.88 bits per heavy atom. The fraction of sp³-hybridized carbons (Fsp3) is 0.818. The van der Waals surface area contributed by atoms with Crippen molar-refractivity contribution in [3.05, 3.63) is 23.3 Å². The molecule has 0 radical (unpaired) electrons. The molecule has 0 amide bonds. The van der Waals surface area contributed by atoms with Crippen molar-refractivity contribution in [1.29, 1.82) is 0 Å². The lowest BCUT2D eigenvalue weighted by atomic mass is 9.66. The van der Waals surface area contributed by atoms with Crippen LogP contribution in [-0.4, -0.2) is 28.8 Å². The van der Waals surface area contributed by atoms with Gasteiger partial charge < -0.3 is 10.8 Å². The van der Waals surface area contributed by atoms with E-state index in [2.05, 4.69) is 37.8 Å². The molecule has 0 aromatic heterocycles. The molecule has 25 heavy (non-hydrogen) atoms. The summed E-state index contributed by atoms with van der Waals surface area (Å²) < 4.78 is 0. The summed E-state index contributed by atoms with van der Waals surface area (Å²) in [5, 5.41) is 9.59. The molecule has 3 aliphatic carbocycles.